The molecule has 2 atom stereocenters. The number of fused-ring (bicyclic) bond motifs is 5. The predicted molar refractivity (Wildman–Crippen MR) is 169 cm³/mol. The number of para-hydroxylation sites is 1. The second kappa shape index (κ2) is 10.7. The van der Waals surface area contributed by atoms with Crippen molar-refractivity contribution in [3.8, 4) is 17.2 Å². The Bertz CT molecular complexity index is 2090. The molecule has 8 rings (SSSR count). The highest BCUT2D eigenvalue weighted by atomic mass is 19.1. The lowest BCUT2D eigenvalue weighted by Crippen LogP contribution is -2.36. The Morgan fingerprint density at radius 2 is 1.84 bits per heavy atom. The molecule has 2 N–H and O–H groups in total. The minimum absolute atomic E-state index is 0.0637. The molecule has 0 spiro atoms. The Balaban J connectivity index is 1.29. The molecule has 5 aromatic rings. The van der Waals surface area contributed by atoms with Crippen molar-refractivity contribution in [2.45, 2.75) is 51.0 Å². The molecule has 0 bridgehead atoms. The van der Waals surface area contributed by atoms with E-state index in [0.29, 0.717) is 60.5 Å². The van der Waals surface area contributed by atoms with Gasteiger partial charge < -0.3 is 29.3 Å². The topological polar surface area (TPSA) is 106 Å². The molecule has 1 saturated heterocycles. The fraction of sp³-hybridized carbons (Fsp3) is 0.343. The summed E-state index contributed by atoms with van der Waals surface area (Å²) in [4.78, 5) is 41.3. The highest BCUT2D eigenvalue weighted by Crippen LogP contribution is 2.49. The zero-order chi connectivity index (χ0) is 30.8. The van der Waals surface area contributed by atoms with E-state index in [2.05, 4.69) is 15.5 Å². The van der Waals surface area contributed by atoms with Gasteiger partial charge in [0.15, 0.2) is 11.5 Å². The summed E-state index contributed by atoms with van der Waals surface area (Å²) in [6.07, 6.45) is 5.76. The molecule has 1 aliphatic carbocycles. The molecule has 2 fully saturated rings. The van der Waals surface area contributed by atoms with Crippen LogP contribution in [0.3, 0.4) is 0 Å². The van der Waals surface area contributed by atoms with E-state index < -0.39 is 17.2 Å². The lowest BCUT2D eigenvalue weighted by molar-refractivity contribution is -0.119. The maximum Gasteiger partial charge on any atom is 0.256 e. The van der Waals surface area contributed by atoms with Crippen molar-refractivity contribution < 1.29 is 23.1 Å². The van der Waals surface area contributed by atoms with Gasteiger partial charge in [-0.15, -0.1) is 0 Å². The Morgan fingerprint density at radius 3 is 2.67 bits per heavy atom. The van der Waals surface area contributed by atoms with E-state index in [9.17, 15) is 14.4 Å². The average Bonchev–Trinajstić information content (AvgIpc) is 3.78. The molecule has 2 aromatic heterocycles. The van der Waals surface area contributed by atoms with Crippen molar-refractivity contribution in [2.75, 3.05) is 26.2 Å². The summed E-state index contributed by atoms with van der Waals surface area (Å²) in [5.74, 6) is -0.658. The van der Waals surface area contributed by atoms with Gasteiger partial charge in [-0.2, -0.15) is 0 Å². The molecule has 9 nitrogen and oxygen atoms in total. The first-order valence-electron chi connectivity index (χ1n) is 15.7. The third-order valence-electron chi connectivity index (χ3n) is 9.57. The summed E-state index contributed by atoms with van der Waals surface area (Å²) in [5, 5.41) is 7.70. The molecule has 1 saturated carbocycles. The number of ether oxygens (including phenoxy) is 1. The van der Waals surface area contributed by atoms with Crippen molar-refractivity contribution in [1.29, 1.82) is 0 Å². The van der Waals surface area contributed by atoms with Crippen LogP contribution < -0.4 is 20.8 Å². The number of amides is 2. The number of hydrogen-bond donors (Lipinski definition) is 2. The predicted octanol–water partition coefficient (Wildman–Crippen LogP) is 5.73. The number of furan rings is 1. The van der Waals surface area contributed by atoms with E-state index in [1.165, 1.54) is 13.0 Å². The van der Waals surface area contributed by atoms with Gasteiger partial charge in [-0.1, -0.05) is 18.2 Å². The summed E-state index contributed by atoms with van der Waals surface area (Å²) in [6.45, 7) is 4.60. The van der Waals surface area contributed by atoms with Gasteiger partial charge in [-0.25, -0.2) is 4.39 Å². The Hall–Kier alpha value is -4.70. The van der Waals surface area contributed by atoms with Gasteiger partial charge in [0.25, 0.3) is 5.91 Å². The monoisotopic (exact) mass is 608 g/mol. The molecule has 230 valence electrons. The van der Waals surface area contributed by atoms with E-state index in [4.69, 9.17) is 9.15 Å². The Labute approximate surface area is 257 Å². The van der Waals surface area contributed by atoms with Crippen LogP contribution in [0.2, 0.25) is 0 Å². The SMILES string of the molecule is CC(=O)N[C@@H]1CCC(c2c(F)cc3c(=O)c(C(=O)NCCN4CCCC4)cn4c3c2Oc2cc3c(cc2-4)oc2ccccc23)C1. The number of hydrogen-bond acceptors (Lipinski definition) is 6. The van der Waals surface area contributed by atoms with E-state index in [0.717, 1.165) is 42.3 Å². The summed E-state index contributed by atoms with van der Waals surface area (Å²) in [7, 11) is 0. The van der Waals surface area contributed by atoms with Gasteiger partial charge in [0.2, 0.25) is 11.3 Å². The number of nitrogens with zero attached hydrogens (tertiary/aromatic N) is 2. The maximum atomic E-state index is 16.2. The number of likely N-dealkylation sites (tertiary alicyclic amines) is 1. The lowest BCUT2D eigenvalue weighted by Gasteiger charge is -2.27. The molecular formula is C35H33FN4O5. The highest BCUT2D eigenvalue weighted by molar-refractivity contribution is 6.07. The van der Waals surface area contributed by atoms with Gasteiger partial charge in [0.1, 0.15) is 28.1 Å². The molecule has 4 heterocycles. The Kier molecular flexibility index (Phi) is 6.63. The van der Waals surface area contributed by atoms with E-state index >= 15 is 4.39 Å². The number of pyridine rings is 1. The van der Waals surface area contributed by atoms with E-state index in [-0.39, 0.29) is 34.6 Å². The first-order chi connectivity index (χ1) is 21.9. The van der Waals surface area contributed by atoms with Crippen LogP contribution in [0.25, 0.3) is 38.5 Å². The largest absolute Gasteiger partial charge is 0.456 e. The minimum Gasteiger partial charge on any atom is -0.456 e. The number of rotatable bonds is 6. The summed E-state index contributed by atoms with van der Waals surface area (Å²) < 4.78 is 30.7. The number of carbonyl (C=O) groups excluding carboxylic acids is 2. The first kappa shape index (κ1) is 27.8. The van der Waals surface area contributed by atoms with Crippen LogP contribution in [-0.4, -0.2) is 53.5 Å². The average molecular weight is 609 g/mol. The summed E-state index contributed by atoms with van der Waals surface area (Å²) in [6, 6.07) is 12.6. The van der Waals surface area contributed by atoms with Crippen molar-refractivity contribution in [2.24, 2.45) is 0 Å². The van der Waals surface area contributed by atoms with Crippen LogP contribution in [0, 0.1) is 5.82 Å². The molecule has 0 radical (unpaired) electrons. The van der Waals surface area contributed by atoms with Crippen molar-refractivity contribution in [3.63, 3.8) is 0 Å². The molecule has 45 heavy (non-hydrogen) atoms. The number of carbonyl (C=O) groups is 2. The second-order valence-corrected chi connectivity index (χ2v) is 12.5. The summed E-state index contributed by atoms with van der Waals surface area (Å²) in [5.41, 5.74) is 2.12. The molecule has 2 aliphatic heterocycles. The third-order valence-corrected chi connectivity index (χ3v) is 9.57. The van der Waals surface area contributed by atoms with Gasteiger partial charge in [-0.3, -0.25) is 14.4 Å². The highest BCUT2D eigenvalue weighted by Gasteiger charge is 2.35. The van der Waals surface area contributed by atoms with Crippen LogP contribution in [0.1, 0.15) is 60.9 Å². The number of benzene rings is 3. The molecule has 2 amide bonds. The lowest BCUT2D eigenvalue weighted by atomic mass is 9.92. The van der Waals surface area contributed by atoms with Crippen molar-refractivity contribution >= 4 is 44.7 Å². The van der Waals surface area contributed by atoms with Crippen LogP contribution in [0.4, 0.5) is 4.39 Å². The first-order valence-corrected chi connectivity index (χ1v) is 15.7. The van der Waals surface area contributed by atoms with Crippen molar-refractivity contribution in [3.05, 3.63) is 75.8 Å². The molecule has 10 heteroatoms. The fourth-order valence-electron chi connectivity index (χ4n) is 7.49. The smallest absolute Gasteiger partial charge is 0.256 e. The number of nitrogens with one attached hydrogen (secondary N) is 2. The fourth-order valence-corrected chi connectivity index (χ4v) is 7.49. The number of aromatic nitrogens is 1. The second-order valence-electron chi connectivity index (χ2n) is 12.5. The van der Waals surface area contributed by atoms with Gasteiger partial charge in [-0.05, 0) is 69.3 Å². The maximum absolute atomic E-state index is 16.2. The zero-order valence-corrected chi connectivity index (χ0v) is 25.0. The quantitative estimate of drug-likeness (QED) is 0.250. The third kappa shape index (κ3) is 4.66. The van der Waals surface area contributed by atoms with Crippen LogP contribution in [0.15, 0.2) is 57.9 Å². The number of halogens is 1. The van der Waals surface area contributed by atoms with Crippen LogP contribution >= 0.6 is 0 Å². The molecule has 1 unspecified atom stereocenters. The van der Waals surface area contributed by atoms with Gasteiger partial charge in [0.05, 0.1) is 11.1 Å². The summed E-state index contributed by atoms with van der Waals surface area (Å²) >= 11 is 0. The standard InChI is InChI=1S/C35H33FN4O5/c1-19(41)38-21-9-8-20(14-21)31-26(36)15-24-32-34(31)45-30-16-23-22-6-2-3-7-28(22)44-29(23)17-27(30)40(32)18-25(33(24)42)35(43)37-10-13-39-11-4-5-12-39/h2-3,6-7,15-18,20-21H,4-5,8-14H2,1H3,(H,37,43)(H,38,41)/t20?,21-/m1/s1. The Morgan fingerprint density at radius 1 is 1.02 bits per heavy atom. The van der Waals surface area contributed by atoms with E-state index in [1.807, 2.05) is 36.4 Å². The van der Waals surface area contributed by atoms with Crippen LogP contribution in [-0.2, 0) is 4.79 Å². The van der Waals surface area contributed by atoms with Gasteiger partial charge in [0, 0.05) is 54.7 Å². The van der Waals surface area contributed by atoms with Gasteiger partial charge >= 0.3 is 0 Å². The zero-order valence-electron chi connectivity index (χ0n) is 25.0. The molecular weight excluding hydrogens is 575 g/mol. The van der Waals surface area contributed by atoms with Crippen LogP contribution in [0.5, 0.6) is 11.5 Å². The van der Waals surface area contributed by atoms with Crippen molar-refractivity contribution in [1.82, 2.24) is 20.1 Å². The minimum atomic E-state index is -0.556. The normalized spacial score (nSPS) is 19.2. The van der Waals surface area contributed by atoms with E-state index in [1.54, 1.807) is 10.8 Å². The molecule has 3 aliphatic rings. The molecule has 3 aromatic carbocycles.